The number of aromatic nitrogens is 3. The average Bonchev–Trinajstić information content (AvgIpc) is 3.74. The van der Waals surface area contributed by atoms with E-state index in [0.29, 0.717) is 33.7 Å². The Balaban J connectivity index is 0.00000608. The van der Waals surface area contributed by atoms with Crippen LogP contribution in [-0.2, 0) is 26.5 Å². The van der Waals surface area contributed by atoms with Gasteiger partial charge in [0.15, 0.2) is 0 Å². The maximum atomic E-state index is 11.9. The second-order valence-electron chi connectivity index (χ2n) is 18.4. The molecule has 0 amide bonds. The quantitative estimate of drug-likeness (QED) is 0.154. The maximum Gasteiger partial charge on any atom is 0.148 e. The third-order valence-corrected chi connectivity index (χ3v) is 12.5. The van der Waals surface area contributed by atoms with Gasteiger partial charge in [-0.05, 0) is 125 Å². The SMILES string of the molecule is [2H]C([2H])([2H])c1cc(-c2c(-c3ccccc3)cccc2C(C)(C)C)ccc1-n1c(-c2cc(C)cc(C)c2O)nc2c(-c3[c-]c(-c4cc(-c5ccc(C)cc5)ccn4)cc(-c4ccccc4)c3)cccc21.[Pt]. The van der Waals surface area contributed by atoms with Crippen molar-refractivity contribution in [3.8, 4) is 89.7 Å². The van der Waals surface area contributed by atoms with Crippen molar-refractivity contribution in [2.45, 2.75) is 53.8 Å². The van der Waals surface area contributed by atoms with Crippen molar-refractivity contribution in [3.05, 3.63) is 216 Å². The van der Waals surface area contributed by atoms with Gasteiger partial charge in [0.25, 0.3) is 0 Å². The number of hydrogen-bond acceptors (Lipinski definition) is 3. The number of phenolic OH excluding ortho intramolecular Hbond substituents is 1. The Morgan fingerprint density at radius 1 is 0.552 bits per heavy atom. The van der Waals surface area contributed by atoms with Crippen LogP contribution in [0.2, 0.25) is 0 Å². The zero-order valence-electron chi connectivity index (χ0n) is 41.4. The molecule has 10 rings (SSSR count). The maximum absolute atomic E-state index is 11.9. The average molecular weight is 1050 g/mol. The molecule has 2 aromatic heterocycles. The number of rotatable bonds is 8. The predicted octanol–water partition coefficient (Wildman–Crippen LogP) is 16.1. The van der Waals surface area contributed by atoms with Gasteiger partial charge in [-0.25, -0.2) is 4.98 Å². The summed E-state index contributed by atoms with van der Waals surface area (Å²) in [6.45, 7) is 9.96. The minimum atomic E-state index is -2.54. The van der Waals surface area contributed by atoms with Gasteiger partial charge in [0.2, 0.25) is 0 Å². The van der Waals surface area contributed by atoms with E-state index in [4.69, 9.17) is 14.1 Å². The van der Waals surface area contributed by atoms with Crippen LogP contribution in [0.4, 0.5) is 0 Å². The Bertz CT molecular complexity index is 3560. The fourth-order valence-electron chi connectivity index (χ4n) is 9.26. The van der Waals surface area contributed by atoms with Gasteiger partial charge < -0.3 is 5.11 Å². The zero-order chi connectivity index (χ0) is 48.2. The summed E-state index contributed by atoms with van der Waals surface area (Å²) in [5, 5.41) is 11.9. The summed E-state index contributed by atoms with van der Waals surface area (Å²) in [6, 6.07) is 63.1. The molecule has 332 valence electrons. The molecule has 0 atom stereocenters. The van der Waals surface area contributed by atoms with E-state index in [-0.39, 0.29) is 37.8 Å². The Kier molecular flexibility index (Phi) is 11.3. The Morgan fingerprint density at radius 3 is 1.96 bits per heavy atom. The molecule has 0 aliphatic rings. The molecule has 4 nitrogen and oxygen atoms in total. The van der Waals surface area contributed by atoms with Crippen molar-refractivity contribution < 1.29 is 30.3 Å². The van der Waals surface area contributed by atoms with Crippen LogP contribution >= 0.6 is 0 Å². The number of phenols is 1. The largest absolute Gasteiger partial charge is 0.507 e. The third kappa shape index (κ3) is 8.71. The van der Waals surface area contributed by atoms with Crippen molar-refractivity contribution in [1.29, 1.82) is 0 Å². The normalized spacial score (nSPS) is 12.3. The number of para-hydroxylation sites is 1. The number of imidazole rings is 1. The summed E-state index contributed by atoms with van der Waals surface area (Å²) < 4.78 is 29.4. The summed E-state index contributed by atoms with van der Waals surface area (Å²) >= 11 is 0. The fraction of sp³-hybridized carbons (Fsp3) is 0.129. The third-order valence-electron chi connectivity index (χ3n) is 12.5. The second-order valence-corrected chi connectivity index (χ2v) is 18.4. The van der Waals surface area contributed by atoms with Gasteiger partial charge in [-0.1, -0.05) is 176 Å². The van der Waals surface area contributed by atoms with Crippen LogP contribution in [0.3, 0.4) is 0 Å². The van der Waals surface area contributed by atoms with E-state index in [2.05, 4.69) is 119 Å². The number of aromatic hydroxyl groups is 1. The van der Waals surface area contributed by atoms with Crippen LogP contribution in [0.1, 0.15) is 52.7 Å². The van der Waals surface area contributed by atoms with Crippen LogP contribution in [0.15, 0.2) is 182 Å². The van der Waals surface area contributed by atoms with Crippen LogP contribution in [0.5, 0.6) is 5.75 Å². The first-order valence-corrected chi connectivity index (χ1v) is 22.5. The molecule has 0 unspecified atom stereocenters. The van der Waals surface area contributed by atoms with Gasteiger partial charge in [0.05, 0.1) is 22.3 Å². The van der Waals surface area contributed by atoms with Crippen molar-refractivity contribution >= 4 is 11.0 Å². The molecular weight excluding hydrogens is 998 g/mol. The van der Waals surface area contributed by atoms with Gasteiger partial charge in [0, 0.05) is 37.1 Å². The van der Waals surface area contributed by atoms with Gasteiger partial charge >= 0.3 is 0 Å². The first-order valence-electron chi connectivity index (χ1n) is 24.0. The molecule has 0 saturated heterocycles. The van der Waals surface area contributed by atoms with E-state index >= 15 is 0 Å². The molecular formula is C62H52N3OPt-. The molecule has 8 aromatic carbocycles. The van der Waals surface area contributed by atoms with E-state index in [1.165, 1.54) is 5.56 Å². The van der Waals surface area contributed by atoms with Crippen LogP contribution in [-0.4, -0.2) is 19.6 Å². The summed E-state index contributed by atoms with van der Waals surface area (Å²) in [4.78, 5) is 10.3. The molecule has 10 aromatic rings. The Labute approximate surface area is 413 Å². The monoisotopic (exact) mass is 1050 g/mol. The van der Waals surface area contributed by atoms with Gasteiger partial charge in [-0.3, -0.25) is 9.55 Å². The Hall–Kier alpha value is -7.13. The number of pyridine rings is 1. The molecule has 0 aliphatic heterocycles. The summed E-state index contributed by atoms with van der Waals surface area (Å²) in [5.74, 6) is 0.504. The number of fused-ring (bicyclic) bond motifs is 1. The van der Waals surface area contributed by atoms with E-state index < -0.39 is 6.85 Å². The fourth-order valence-corrected chi connectivity index (χ4v) is 9.26. The number of benzene rings is 8. The van der Waals surface area contributed by atoms with Gasteiger partial charge in [-0.2, -0.15) is 0 Å². The molecule has 1 N–H and O–H groups in total. The van der Waals surface area contributed by atoms with E-state index in [1.807, 2.05) is 116 Å². The molecule has 2 heterocycles. The smallest absolute Gasteiger partial charge is 0.148 e. The minimum Gasteiger partial charge on any atom is -0.507 e. The Morgan fingerprint density at radius 2 is 1.22 bits per heavy atom. The van der Waals surface area contributed by atoms with Gasteiger partial charge in [0.1, 0.15) is 11.6 Å². The molecule has 0 fully saturated rings. The van der Waals surface area contributed by atoms with Crippen molar-refractivity contribution in [3.63, 3.8) is 0 Å². The molecule has 0 saturated carbocycles. The van der Waals surface area contributed by atoms with Crippen LogP contribution in [0.25, 0.3) is 95.0 Å². The summed E-state index contributed by atoms with van der Waals surface area (Å²) in [7, 11) is 0. The van der Waals surface area contributed by atoms with E-state index in [9.17, 15) is 5.11 Å². The van der Waals surface area contributed by atoms with Crippen molar-refractivity contribution in [1.82, 2.24) is 14.5 Å². The molecule has 0 bridgehead atoms. The van der Waals surface area contributed by atoms with Crippen molar-refractivity contribution in [2.24, 2.45) is 0 Å². The van der Waals surface area contributed by atoms with E-state index in [1.54, 1.807) is 0 Å². The first-order chi connectivity index (χ1) is 33.1. The molecule has 0 spiro atoms. The van der Waals surface area contributed by atoms with Crippen LogP contribution < -0.4 is 0 Å². The molecule has 0 radical (unpaired) electrons. The molecule has 67 heavy (non-hydrogen) atoms. The molecule has 0 aliphatic carbocycles. The number of nitrogens with zero attached hydrogens (tertiary/aromatic N) is 3. The number of hydrogen-bond donors (Lipinski definition) is 1. The minimum absolute atomic E-state index is 0. The number of aryl methyl sites for hydroxylation is 4. The van der Waals surface area contributed by atoms with E-state index in [0.717, 1.165) is 78.0 Å². The van der Waals surface area contributed by atoms with Crippen molar-refractivity contribution in [2.75, 3.05) is 0 Å². The summed E-state index contributed by atoms with van der Waals surface area (Å²) in [5.41, 5.74) is 17.3. The predicted molar refractivity (Wildman–Crippen MR) is 275 cm³/mol. The zero-order valence-corrected chi connectivity index (χ0v) is 40.7. The molecule has 5 heteroatoms. The standard InChI is InChI=1S/C62H52N3O.Pt/c1-39-24-26-44(27-25-39)46-30-31-63-55(38-46)50-36-48(43-16-10-8-11-17-43)35-49(37-50)52-21-15-23-57-59(52)64-61(53-33-40(2)32-42(4)60(53)66)65(57)56-29-28-47(34-41(56)3)58-51(45-18-12-9-13-19-45)20-14-22-54(58)62(5,6)7;/h8-36,38,66H,1-7H3;/q-1;/i3D3;. The second kappa shape index (κ2) is 18.3. The topological polar surface area (TPSA) is 50.9 Å². The summed E-state index contributed by atoms with van der Waals surface area (Å²) in [6.07, 6.45) is 1.84. The van der Waals surface area contributed by atoms with Gasteiger partial charge in [-0.15, -0.1) is 23.8 Å². The van der Waals surface area contributed by atoms with Crippen LogP contribution in [0, 0.1) is 33.7 Å². The first kappa shape index (κ1) is 41.3.